The molecule has 0 unspecified atom stereocenters. The zero-order chi connectivity index (χ0) is 14.0. The molecule has 0 heterocycles. The quantitative estimate of drug-likeness (QED) is 0.882. The minimum absolute atomic E-state index is 0.228. The van der Waals surface area contributed by atoms with Crippen molar-refractivity contribution in [2.45, 2.75) is 37.8 Å². The maximum Gasteiger partial charge on any atom is 0.573 e. The van der Waals surface area contributed by atoms with Crippen LogP contribution in [0.3, 0.4) is 0 Å². The van der Waals surface area contributed by atoms with Gasteiger partial charge in [0.25, 0.3) is 0 Å². The molecule has 1 aromatic rings. The van der Waals surface area contributed by atoms with E-state index in [1.165, 1.54) is 12.1 Å². The minimum Gasteiger partial charge on any atom is -0.404 e. The molecule has 0 radical (unpaired) electrons. The SMILES string of the molecule is O[C@@H]1CCC[C@H]1Nc1ccc(Br)cc1OC(F)(F)F. The Morgan fingerprint density at radius 1 is 1.32 bits per heavy atom. The van der Waals surface area contributed by atoms with Crippen LogP contribution in [0, 0.1) is 0 Å². The molecule has 3 nitrogen and oxygen atoms in total. The Hall–Kier alpha value is -0.950. The predicted molar refractivity (Wildman–Crippen MR) is 68.1 cm³/mol. The molecule has 106 valence electrons. The average Bonchev–Trinajstić information content (AvgIpc) is 2.66. The molecule has 0 spiro atoms. The van der Waals surface area contributed by atoms with Gasteiger partial charge in [0.15, 0.2) is 5.75 Å². The summed E-state index contributed by atoms with van der Waals surface area (Å²) in [4.78, 5) is 0. The van der Waals surface area contributed by atoms with E-state index in [0.29, 0.717) is 10.9 Å². The summed E-state index contributed by atoms with van der Waals surface area (Å²) < 4.78 is 41.5. The number of aliphatic hydroxyl groups excluding tert-OH is 1. The van der Waals surface area contributed by atoms with Crippen LogP contribution in [-0.4, -0.2) is 23.6 Å². The highest BCUT2D eigenvalue weighted by atomic mass is 79.9. The Balaban J connectivity index is 2.19. The summed E-state index contributed by atoms with van der Waals surface area (Å²) in [6.45, 7) is 0. The number of anilines is 1. The Morgan fingerprint density at radius 3 is 2.63 bits per heavy atom. The van der Waals surface area contributed by atoms with Gasteiger partial charge >= 0.3 is 6.36 Å². The molecule has 0 aliphatic heterocycles. The molecule has 0 amide bonds. The lowest BCUT2D eigenvalue weighted by atomic mass is 10.2. The van der Waals surface area contributed by atoms with Gasteiger partial charge in [-0.3, -0.25) is 0 Å². The molecule has 1 saturated carbocycles. The fourth-order valence-corrected chi connectivity index (χ4v) is 2.47. The van der Waals surface area contributed by atoms with E-state index < -0.39 is 12.5 Å². The highest BCUT2D eigenvalue weighted by molar-refractivity contribution is 9.10. The van der Waals surface area contributed by atoms with Gasteiger partial charge in [-0.15, -0.1) is 13.2 Å². The zero-order valence-corrected chi connectivity index (χ0v) is 11.5. The van der Waals surface area contributed by atoms with Crippen LogP contribution in [0.1, 0.15) is 19.3 Å². The fraction of sp³-hybridized carbons (Fsp3) is 0.500. The van der Waals surface area contributed by atoms with Crippen molar-refractivity contribution in [1.82, 2.24) is 0 Å². The van der Waals surface area contributed by atoms with Crippen LogP contribution in [0.2, 0.25) is 0 Å². The number of ether oxygens (including phenoxy) is 1. The number of alkyl halides is 3. The maximum absolute atomic E-state index is 12.3. The largest absolute Gasteiger partial charge is 0.573 e. The summed E-state index contributed by atoms with van der Waals surface area (Å²) in [5.41, 5.74) is 0.228. The third-order valence-electron chi connectivity index (χ3n) is 2.99. The number of aliphatic hydroxyl groups is 1. The second-order valence-corrected chi connectivity index (χ2v) is 5.35. The first-order chi connectivity index (χ1) is 8.85. The van der Waals surface area contributed by atoms with Crippen molar-refractivity contribution in [3.63, 3.8) is 0 Å². The van der Waals surface area contributed by atoms with Crippen LogP contribution in [-0.2, 0) is 0 Å². The Labute approximate surface area is 116 Å². The summed E-state index contributed by atoms with van der Waals surface area (Å²) in [5.74, 6) is -0.305. The number of hydrogen-bond donors (Lipinski definition) is 2. The molecule has 2 rings (SSSR count). The van der Waals surface area contributed by atoms with Crippen LogP contribution in [0.25, 0.3) is 0 Å². The minimum atomic E-state index is -4.74. The van der Waals surface area contributed by atoms with Gasteiger partial charge in [0.05, 0.1) is 17.8 Å². The number of hydrogen-bond acceptors (Lipinski definition) is 3. The van der Waals surface area contributed by atoms with Crippen molar-refractivity contribution in [1.29, 1.82) is 0 Å². The molecule has 1 aliphatic rings. The Morgan fingerprint density at radius 2 is 2.05 bits per heavy atom. The fourth-order valence-electron chi connectivity index (χ4n) is 2.13. The lowest BCUT2D eigenvalue weighted by molar-refractivity contribution is -0.274. The van der Waals surface area contributed by atoms with Crippen molar-refractivity contribution >= 4 is 21.6 Å². The Bertz CT molecular complexity index is 453. The molecule has 19 heavy (non-hydrogen) atoms. The molecular formula is C12H13BrF3NO2. The average molecular weight is 340 g/mol. The summed E-state index contributed by atoms with van der Waals surface area (Å²) in [5, 5.41) is 12.6. The third-order valence-corrected chi connectivity index (χ3v) is 3.48. The van der Waals surface area contributed by atoms with E-state index in [0.717, 1.165) is 12.8 Å². The number of rotatable bonds is 3. The molecule has 1 aliphatic carbocycles. The highest BCUT2D eigenvalue weighted by Crippen LogP contribution is 2.35. The molecule has 1 fully saturated rings. The number of benzene rings is 1. The summed E-state index contributed by atoms with van der Waals surface area (Å²) in [6, 6.07) is 4.12. The molecular weight excluding hydrogens is 327 g/mol. The van der Waals surface area contributed by atoms with E-state index in [-0.39, 0.29) is 17.5 Å². The summed E-state index contributed by atoms with van der Waals surface area (Å²) >= 11 is 3.10. The van der Waals surface area contributed by atoms with Gasteiger partial charge in [0, 0.05) is 4.47 Å². The normalized spacial score (nSPS) is 23.4. The van der Waals surface area contributed by atoms with Crippen molar-refractivity contribution < 1.29 is 23.0 Å². The topological polar surface area (TPSA) is 41.5 Å². The standard InChI is InChI=1S/C12H13BrF3NO2/c13-7-4-5-9(11(6-7)19-12(14,15)16)17-8-2-1-3-10(8)18/h4-6,8,10,17-18H,1-3H2/t8-,10-/m1/s1. The van der Waals surface area contributed by atoms with Crippen molar-refractivity contribution in [2.75, 3.05) is 5.32 Å². The van der Waals surface area contributed by atoms with Gasteiger partial charge in [-0.05, 0) is 37.5 Å². The predicted octanol–water partition coefficient (Wildman–Crippen LogP) is 3.67. The highest BCUT2D eigenvalue weighted by Gasteiger charge is 2.33. The molecule has 1 aromatic carbocycles. The maximum atomic E-state index is 12.3. The van der Waals surface area contributed by atoms with E-state index in [1.54, 1.807) is 6.07 Å². The second-order valence-electron chi connectivity index (χ2n) is 4.44. The molecule has 0 aromatic heterocycles. The van der Waals surface area contributed by atoms with Gasteiger partial charge in [-0.2, -0.15) is 0 Å². The molecule has 7 heteroatoms. The van der Waals surface area contributed by atoms with E-state index >= 15 is 0 Å². The summed E-state index contributed by atoms with van der Waals surface area (Å²) in [6.07, 6.45) is -3.05. The zero-order valence-electron chi connectivity index (χ0n) is 9.88. The molecule has 2 atom stereocenters. The monoisotopic (exact) mass is 339 g/mol. The van der Waals surface area contributed by atoms with Crippen LogP contribution < -0.4 is 10.1 Å². The van der Waals surface area contributed by atoms with Gasteiger partial charge in [-0.25, -0.2) is 0 Å². The second kappa shape index (κ2) is 5.58. The number of halogens is 4. The molecule has 2 N–H and O–H groups in total. The number of nitrogens with one attached hydrogen (secondary N) is 1. The van der Waals surface area contributed by atoms with Gasteiger partial charge in [0.1, 0.15) is 0 Å². The first kappa shape index (κ1) is 14.5. The molecule has 0 saturated heterocycles. The van der Waals surface area contributed by atoms with Crippen molar-refractivity contribution in [3.8, 4) is 5.75 Å². The van der Waals surface area contributed by atoms with E-state index in [2.05, 4.69) is 26.0 Å². The first-order valence-corrected chi connectivity index (χ1v) is 6.64. The van der Waals surface area contributed by atoms with Gasteiger partial charge < -0.3 is 15.2 Å². The van der Waals surface area contributed by atoms with Crippen LogP contribution in [0.5, 0.6) is 5.75 Å². The molecule has 0 bridgehead atoms. The van der Waals surface area contributed by atoms with Crippen LogP contribution >= 0.6 is 15.9 Å². The van der Waals surface area contributed by atoms with Crippen LogP contribution in [0.15, 0.2) is 22.7 Å². The van der Waals surface area contributed by atoms with Gasteiger partial charge in [-0.1, -0.05) is 15.9 Å². The lowest BCUT2D eigenvalue weighted by Gasteiger charge is -2.21. The lowest BCUT2D eigenvalue weighted by Crippen LogP contribution is -2.28. The summed E-state index contributed by atoms with van der Waals surface area (Å²) in [7, 11) is 0. The van der Waals surface area contributed by atoms with E-state index in [1.807, 2.05) is 0 Å². The van der Waals surface area contributed by atoms with Gasteiger partial charge in [0.2, 0.25) is 0 Å². The Kier molecular flexibility index (Phi) is 4.25. The van der Waals surface area contributed by atoms with Crippen molar-refractivity contribution in [3.05, 3.63) is 22.7 Å². The third kappa shape index (κ3) is 4.01. The van der Waals surface area contributed by atoms with E-state index in [4.69, 9.17) is 0 Å². The first-order valence-electron chi connectivity index (χ1n) is 5.85. The van der Waals surface area contributed by atoms with E-state index in [9.17, 15) is 18.3 Å². The van der Waals surface area contributed by atoms with Crippen LogP contribution in [0.4, 0.5) is 18.9 Å². The van der Waals surface area contributed by atoms with Crippen molar-refractivity contribution in [2.24, 2.45) is 0 Å². The smallest absolute Gasteiger partial charge is 0.404 e.